The van der Waals surface area contributed by atoms with Gasteiger partial charge in [0.05, 0.1) is 12.7 Å². The van der Waals surface area contributed by atoms with Gasteiger partial charge in [0.15, 0.2) is 5.72 Å². The summed E-state index contributed by atoms with van der Waals surface area (Å²) in [5.41, 5.74) is 3.75. The molecule has 0 aromatic carbocycles. The summed E-state index contributed by atoms with van der Waals surface area (Å²) in [5.74, 6) is 0.120. The average molecular weight is 267 g/mol. The van der Waals surface area contributed by atoms with Crippen molar-refractivity contribution in [2.75, 3.05) is 12.3 Å². The maximum atomic E-state index is 11.9. The van der Waals surface area contributed by atoms with Crippen molar-refractivity contribution in [3.05, 3.63) is 34.9 Å². The summed E-state index contributed by atoms with van der Waals surface area (Å²) in [6.07, 6.45) is 3.41. The lowest BCUT2D eigenvalue weighted by atomic mass is 10.1. The van der Waals surface area contributed by atoms with Crippen molar-refractivity contribution in [1.29, 1.82) is 0 Å². The third-order valence-electron chi connectivity index (χ3n) is 3.13. The highest BCUT2D eigenvalue weighted by atomic mass is 16.6. The van der Waals surface area contributed by atoms with E-state index in [0.29, 0.717) is 0 Å². The number of aromatic nitrogens is 2. The van der Waals surface area contributed by atoms with Crippen LogP contribution in [0.1, 0.15) is 13.3 Å². The van der Waals surface area contributed by atoms with Crippen LogP contribution in [-0.2, 0) is 10.5 Å². The molecule has 0 unspecified atom stereocenters. The van der Waals surface area contributed by atoms with Gasteiger partial charge in [-0.2, -0.15) is 4.98 Å². The van der Waals surface area contributed by atoms with E-state index >= 15 is 0 Å². The van der Waals surface area contributed by atoms with E-state index in [0.717, 1.165) is 0 Å². The third kappa shape index (κ3) is 2.40. The Morgan fingerprint density at radius 1 is 1.74 bits per heavy atom. The number of hydrogen-bond donors (Lipinski definition) is 3. The molecular formula is C12H17N3O4. The Labute approximate surface area is 110 Å². The zero-order valence-corrected chi connectivity index (χ0v) is 10.6. The van der Waals surface area contributed by atoms with Crippen molar-refractivity contribution in [3.8, 4) is 0 Å². The van der Waals surface area contributed by atoms with Crippen LogP contribution in [0, 0.1) is 0 Å². The number of nitrogen functional groups attached to an aromatic ring is 1. The van der Waals surface area contributed by atoms with Crippen LogP contribution in [-0.4, -0.2) is 38.6 Å². The Kier molecular flexibility index (Phi) is 3.70. The van der Waals surface area contributed by atoms with Gasteiger partial charge in [-0.05, 0) is 19.1 Å². The first-order valence-corrected chi connectivity index (χ1v) is 5.98. The van der Waals surface area contributed by atoms with Gasteiger partial charge in [0.25, 0.3) is 0 Å². The first kappa shape index (κ1) is 13.7. The second-order valence-corrected chi connectivity index (χ2v) is 4.46. The molecule has 0 saturated carbocycles. The Bertz CT molecular complexity index is 542. The van der Waals surface area contributed by atoms with E-state index in [2.05, 4.69) is 4.98 Å². The summed E-state index contributed by atoms with van der Waals surface area (Å²) in [6.45, 7) is 1.46. The van der Waals surface area contributed by atoms with Gasteiger partial charge in [-0.3, -0.25) is 4.57 Å². The predicted molar refractivity (Wildman–Crippen MR) is 68.3 cm³/mol. The van der Waals surface area contributed by atoms with E-state index in [1.54, 1.807) is 19.1 Å². The largest absolute Gasteiger partial charge is 0.394 e. The van der Waals surface area contributed by atoms with E-state index in [1.165, 1.54) is 16.8 Å². The highest BCUT2D eigenvalue weighted by Gasteiger charge is 2.46. The van der Waals surface area contributed by atoms with Crippen molar-refractivity contribution in [2.45, 2.75) is 31.3 Å². The third-order valence-corrected chi connectivity index (χ3v) is 3.13. The van der Waals surface area contributed by atoms with Gasteiger partial charge in [-0.15, -0.1) is 0 Å². The van der Waals surface area contributed by atoms with E-state index in [-0.39, 0.29) is 18.8 Å². The molecule has 0 radical (unpaired) electrons. The van der Waals surface area contributed by atoms with Crippen molar-refractivity contribution >= 4 is 5.82 Å². The normalized spacial score (nSPS) is 31.1. The van der Waals surface area contributed by atoms with Crippen LogP contribution in [0.15, 0.2) is 29.2 Å². The van der Waals surface area contributed by atoms with Crippen molar-refractivity contribution in [2.24, 2.45) is 0 Å². The molecule has 0 bridgehead atoms. The highest BCUT2D eigenvalue weighted by Crippen LogP contribution is 2.35. The van der Waals surface area contributed by atoms with E-state index < -0.39 is 23.6 Å². The molecule has 7 nitrogen and oxygen atoms in total. The van der Waals surface area contributed by atoms with Crippen LogP contribution in [0.25, 0.3) is 0 Å². The molecular weight excluding hydrogens is 250 g/mol. The molecule has 19 heavy (non-hydrogen) atoms. The Hall–Kier alpha value is -1.70. The first-order valence-electron chi connectivity index (χ1n) is 5.98. The van der Waals surface area contributed by atoms with Crippen LogP contribution in [0.5, 0.6) is 0 Å². The molecule has 2 heterocycles. The minimum atomic E-state index is -1.14. The van der Waals surface area contributed by atoms with E-state index in [4.69, 9.17) is 15.6 Å². The molecule has 1 fully saturated rings. The molecule has 0 spiro atoms. The summed E-state index contributed by atoms with van der Waals surface area (Å²) in [5, 5.41) is 19.0. The second kappa shape index (κ2) is 5.12. The van der Waals surface area contributed by atoms with Gasteiger partial charge in [0.1, 0.15) is 11.9 Å². The zero-order chi connectivity index (χ0) is 14.0. The Balaban J connectivity index is 2.49. The second-order valence-electron chi connectivity index (χ2n) is 4.46. The first-order chi connectivity index (χ1) is 9.02. The number of ether oxygens (including phenoxy) is 1. The lowest BCUT2D eigenvalue weighted by molar-refractivity contribution is -0.0893. The Morgan fingerprint density at radius 3 is 3.00 bits per heavy atom. The topological polar surface area (TPSA) is 111 Å². The van der Waals surface area contributed by atoms with Gasteiger partial charge >= 0.3 is 5.69 Å². The number of aliphatic hydroxyl groups excluding tert-OH is 2. The molecule has 7 heteroatoms. The molecule has 0 amide bonds. The molecule has 2 rings (SSSR count). The lowest BCUT2D eigenvalue weighted by Gasteiger charge is -2.27. The Morgan fingerprint density at radius 2 is 2.47 bits per heavy atom. The van der Waals surface area contributed by atoms with Gasteiger partial charge in [-0.1, -0.05) is 6.08 Å². The number of allylic oxidation sites excluding steroid dienone is 1. The number of anilines is 1. The number of hydrogen-bond acceptors (Lipinski definition) is 6. The number of nitrogens with two attached hydrogens (primary N) is 1. The molecule has 1 aliphatic heterocycles. The number of aliphatic hydroxyl groups is 2. The van der Waals surface area contributed by atoms with Crippen molar-refractivity contribution in [3.63, 3.8) is 0 Å². The van der Waals surface area contributed by atoms with Crippen LogP contribution in [0.4, 0.5) is 5.82 Å². The van der Waals surface area contributed by atoms with E-state index in [1.807, 2.05) is 0 Å². The quantitative estimate of drug-likeness (QED) is 0.618. The minimum absolute atomic E-state index is 0.120. The molecule has 1 aromatic rings. The molecule has 3 atom stereocenters. The number of rotatable bonds is 3. The number of nitrogens with zero attached hydrogens (tertiary/aromatic N) is 2. The fraction of sp³-hybridized carbons (Fsp3) is 0.500. The van der Waals surface area contributed by atoms with Gasteiger partial charge in [0, 0.05) is 12.6 Å². The zero-order valence-electron chi connectivity index (χ0n) is 10.6. The monoisotopic (exact) mass is 267 g/mol. The molecule has 1 saturated heterocycles. The molecule has 0 aliphatic carbocycles. The van der Waals surface area contributed by atoms with Gasteiger partial charge in [-0.25, -0.2) is 4.79 Å². The minimum Gasteiger partial charge on any atom is -0.394 e. The maximum Gasteiger partial charge on any atom is 0.352 e. The summed E-state index contributed by atoms with van der Waals surface area (Å²) >= 11 is 0. The maximum absolute atomic E-state index is 11.9. The van der Waals surface area contributed by atoms with Crippen molar-refractivity contribution in [1.82, 2.24) is 9.55 Å². The summed E-state index contributed by atoms with van der Waals surface area (Å²) < 4.78 is 6.92. The van der Waals surface area contributed by atoms with E-state index in [9.17, 15) is 9.90 Å². The fourth-order valence-electron chi connectivity index (χ4n) is 2.29. The SMILES string of the molecule is CC=C[C@]1(n2ccc(N)nc2=O)C[C@H](O)[C@@H](CO)O1. The molecule has 104 valence electrons. The lowest BCUT2D eigenvalue weighted by Crippen LogP contribution is -2.41. The van der Waals surface area contributed by atoms with Crippen molar-refractivity contribution < 1.29 is 14.9 Å². The smallest absolute Gasteiger partial charge is 0.352 e. The standard InChI is InChI=1S/C12H17N3O4/c1-2-4-12(6-8(17)9(7-16)19-12)15-5-3-10(13)14-11(15)18/h2-5,8-9,16-17H,6-7H2,1H3,(H2,13,14,18)/t8-,9+,12+/m0/s1. The molecule has 1 aliphatic rings. The highest BCUT2D eigenvalue weighted by molar-refractivity contribution is 5.24. The van der Waals surface area contributed by atoms with Gasteiger partial charge < -0.3 is 20.7 Å². The molecule has 1 aromatic heterocycles. The summed E-state index contributed by atoms with van der Waals surface area (Å²) in [6, 6.07) is 1.48. The predicted octanol–water partition coefficient (Wildman–Crippen LogP) is -0.804. The molecule has 4 N–H and O–H groups in total. The van der Waals surface area contributed by atoms with Crippen LogP contribution < -0.4 is 11.4 Å². The summed E-state index contributed by atoms with van der Waals surface area (Å²) in [7, 11) is 0. The van der Waals surface area contributed by atoms with Crippen LogP contribution in [0.2, 0.25) is 0 Å². The average Bonchev–Trinajstić information content (AvgIpc) is 2.66. The fourth-order valence-corrected chi connectivity index (χ4v) is 2.29. The van der Waals surface area contributed by atoms with Gasteiger partial charge in [0.2, 0.25) is 0 Å². The summed E-state index contributed by atoms with van der Waals surface area (Å²) in [4.78, 5) is 15.6. The van der Waals surface area contributed by atoms with Crippen LogP contribution >= 0.6 is 0 Å². The van der Waals surface area contributed by atoms with Crippen LogP contribution in [0.3, 0.4) is 0 Å².